The normalized spacial score (nSPS) is 22.9. The lowest BCUT2D eigenvalue weighted by molar-refractivity contribution is -0.126. The molecule has 31 heavy (non-hydrogen) atoms. The first kappa shape index (κ1) is 20.1. The molecule has 0 aliphatic carbocycles. The maximum Gasteiger partial charge on any atom is 0.266 e. The first-order chi connectivity index (χ1) is 15.0. The van der Waals surface area contributed by atoms with Crippen LogP contribution in [0.4, 0.5) is 11.4 Å². The van der Waals surface area contributed by atoms with E-state index in [4.69, 9.17) is 28.0 Å². The Morgan fingerprint density at radius 3 is 2.23 bits per heavy atom. The van der Waals surface area contributed by atoms with E-state index in [0.29, 0.717) is 21.3 Å². The zero-order chi connectivity index (χ0) is 21.7. The van der Waals surface area contributed by atoms with Crippen LogP contribution in [-0.4, -0.2) is 17.9 Å². The molecule has 0 saturated carbocycles. The van der Waals surface area contributed by atoms with E-state index in [2.05, 4.69) is 0 Å². The molecule has 0 radical (unpaired) electrons. The van der Waals surface area contributed by atoms with Crippen molar-refractivity contribution in [1.29, 1.82) is 0 Å². The molecule has 2 aliphatic heterocycles. The number of halogens is 2. The molecule has 0 aromatic heterocycles. The van der Waals surface area contributed by atoms with Gasteiger partial charge in [-0.2, -0.15) is 0 Å². The Bertz CT molecular complexity index is 1170. The predicted molar refractivity (Wildman–Crippen MR) is 120 cm³/mol. The molecule has 0 N–H and O–H groups in total. The number of hydrogen-bond donors (Lipinski definition) is 0. The quantitative estimate of drug-likeness (QED) is 0.502. The van der Waals surface area contributed by atoms with Gasteiger partial charge in [0.15, 0.2) is 6.10 Å². The number of carbonyl (C=O) groups excluding carboxylic acids is 2. The number of benzene rings is 3. The van der Waals surface area contributed by atoms with Crippen molar-refractivity contribution in [2.24, 2.45) is 5.92 Å². The molecule has 2 heterocycles. The van der Waals surface area contributed by atoms with E-state index in [1.165, 1.54) is 4.90 Å². The lowest BCUT2D eigenvalue weighted by atomic mass is 9.90. The highest BCUT2D eigenvalue weighted by Crippen LogP contribution is 2.49. The Hall–Kier alpha value is -2.86. The van der Waals surface area contributed by atoms with Crippen molar-refractivity contribution < 1.29 is 14.4 Å². The van der Waals surface area contributed by atoms with Crippen LogP contribution in [0.1, 0.15) is 17.2 Å². The van der Waals surface area contributed by atoms with Crippen LogP contribution >= 0.6 is 23.2 Å². The van der Waals surface area contributed by atoms with Gasteiger partial charge < -0.3 is 0 Å². The van der Waals surface area contributed by atoms with Crippen LogP contribution < -0.4 is 9.96 Å². The smallest absolute Gasteiger partial charge is 0.266 e. The van der Waals surface area contributed by atoms with E-state index < -0.39 is 18.1 Å². The van der Waals surface area contributed by atoms with Crippen molar-refractivity contribution in [3.8, 4) is 0 Å². The van der Waals surface area contributed by atoms with Gasteiger partial charge in [0.1, 0.15) is 5.92 Å². The Kier molecular flexibility index (Phi) is 4.97. The highest BCUT2D eigenvalue weighted by atomic mass is 35.5. The van der Waals surface area contributed by atoms with Crippen LogP contribution in [-0.2, 0) is 14.4 Å². The minimum absolute atomic E-state index is 0.312. The summed E-state index contributed by atoms with van der Waals surface area (Å²) in [7, 11) is 0. The molecule has 7 heteroatoms. The minimum atomic E-state index is -0.939. The largest absolute Gasteiger partial charge is 0.273 e. The van der Waals surface area contributed by atoms with Crippen LogP contribution in [0, 0.1) is 12.8 Å². The molecule has 2 fully saturated rings. The van der Waals surface area contributed by atoms with Gasteiger partial charge in [0, 0.05) is 10.0 Å². The number of rotatable bonds is 3. The molecule has 2 amide bonds. The molecular weight excluding hydrogens is 435 g/mol. The van der Waals surface area contributed by atoms with Crippen LogP contribution in [0.5, 0.6) is 0 Å². The van der Waals surface area contributed by atoms with Crippen molar-refractivity contribution >= 4 is 46.4 Å². The van der Waals surface area contributed by atoms with Crippen molar-refractivity contribution in [3.05, 3.63) is 94.0 Å². The Morgan fingerprint density at radius 2 is 1.55 bits per heavy atom. The van der Waals surface area contributed by atoms with E-state index in [-0.39, 0.29) is 11.8 Å². The van der Waals surface area contributed by atoms with Crippen LogP contribution in [0.2, 0.25) is 10.0 Å². The minimum Gasteiger partial charge on any atom is -0.273 e. The average molecular weight is 453 g/mol. The summed E-state index contributed by atoms with van der Waals surface area (Å²) >= 11 is 12.6. The van der Waals surface area contributed by atoms with E-state index >= 15 is 0 Å². The Balaban J connectivity index is 1.61. The number of hydrogen-bond acceptors (Lipinski definition) is 4. The number of aryl methyl sites for hydroxylation is 1. The van der Waals surface area contributed by atoms with Crippen LogP contribution in [0.3, 0.4) is 0 Å². The summed E-state index contributed by atoms with van der Waals surface area (Å²) in [5.74, 6) is -1.44. The summed E-state index contributed by atoms with van der Waals surface area (Å²) in [5.41, 5.74) is 2.98. The molecule has 0 bridgehead atoms. The van der Waals surface area contributed by atoms with Gasteiger partial charge in [-0.3, -0.25) is 14.4 Å². The highest BCUT2D eigenvalue weighted by Gasteiger charge is 2.60. The molecule has 3 aromatic rings. The molecule has 3 unspecified atom stereocenters. The van der Waals surface area contributed by atoms with E-state index in [1.54, 1.807) is 35.4 Å². The van der Waals surface area contributed by atoms with Crippen molar-refractivity contribution in [1.82, 2.24) is 0 Å². The van der Waals surface area contributed by atoms with Gasteiger partial charge in [0.2, 0.25) is 5.91 Å². The van der Waals surface area contributed by atoms with E-state index in [1.807, 2.05) is 49.4 Å². The van der Waals surface area contributed by atoms with Crippen LogP contribution in [0.25, 0.3) is 0 Å². The summed E-state index contributed by atoms with van der Waals surface area (Å²) in [6.45, 7) is 1.95. The molecule has 5 rings (SSSR count). The number of carbonyl (C=O) groups is 2. The molecule has 3 aromatic carbocycles. The predicted octanol–water partition coefficient (Wildman–Crippen LogP) is 5.35. The maximum atomic E-state index is 13.6. The summed E-state index contributed by atoms with van der Waals surface area (Å²) in [5, 5.41) is 2.52. The van der Waals surface area contributed by atoms with Gasteiger partial charge in [-0.1, -0.05) is 65.2 Å². The van der Waals surface area contributed by atoms with Crippen LogP contribution in [0.15, 0.2) is 72.8 Å². The average Bonchev–Trinajstić information content (AvgIpc) is 3.26. The summed E-state index contributed by atoms with van der Waals surface area (Å²) in [4.78, 5) is 34.2. The second kappa shape index (κ2) is 7.68. The maximum absolute atomic E-state index is 13.6. The summed E-state index contributed by atoms with van der Waals surface area (Å²) < 4.78 is 0. The van der Waals surface area contributed by atoms with Gasteiger partial charge in [0.25, 0.3) is 5.91 Å². The number of amides is 2. The van der Waals surface area contributed by atoms with Crippen molar-refractivity contribution in [3.63, 3.8) is 0 Å². The SMILES string of the molecule is Cc1ccc(N2C(=O)C3ON(c4ccccc4)C(c4ccc(Cl)cc4Cl)C3C2=O)cc1. The fraction of sp³-hybridized carbons (Fsp3) is 0.167. The molecule has 5 nitrogen and oxygen atoms in total. The summed E-state index contributed by atoms with van der Waals surface area (Å²) in [6, 6.07) is 21.2. The molecule has 2 aliphatic rings. The fourth-order valence-corrected chi connectivity index (χ4v) is 4.74. The van der Waals surface area contributed by atoms with Crippen molar-refractivity contribution in [2.75, 3.05) is 9.96 Å². The molecule has 3 atom stereocenters. The van der Waals surface area contributed by atoms with Gasteiger partial charge >= 0.3 is 0 Å². The first-order valence-electron chi connectivity index (χ1n) is 9.86. The van der Waals surface area contributed by atoms with Gasteiger partial charge in [-0.15, -0.1) is 0 Å². The number of anilines is 2. The third-order valence-electron chi connectivity index (χ3n) is 5.70. The monoisotopic (exact) mass is 452 g/mol. The van der Waals surface area contributed by atoms with Crippen molar-refractivity contribution in [2.45, 2.75) is 19.1 Å². The number of nitrogens with zero attached hydrogens (tertiary/aromatic N) is 2. The molecule has 2 saturated heterocycles. The lowest BCUT2D eigenvalue weighted by Crippen LogP contribution is -2.37. The standard InChI is InChI=1S/C24H18Cl2N2O3/c1-14-7-10-16(11-8-14)27-23(29)20-21(18-12-9-15(25)13-19(18)26)28(31-22(20)24(27)30)17-5-3-2-4-6-17/h2-13,20-22H,1H3. The second-order valence-corrected chi connectivity index (χ2v) is 8.51. The highest BCUT2D eigenvalue weighted by molar-refractivity contribution is 6.35. The zero-order valence-corrected chi connectivity index (χ0v) is 18.0. The fourth-order valence-electron chi connectivity index (χ4n) is 4.22. The molecular formula is C24H18Cl2N2O3. The number of hydroxylamine groups is 1. The van der Waals surface area contributed by atoms with Gasteiger partial charge in [-0.25, -0.2) is 9.96 Å². The van der Waals surface area contributed by atoms with E-state index in [0.717, 1.165) is 11.3 Å². The third kappa shape index (κ3) is 3.30. The number of fused-ring (bicyclic) bond motifs is 1. The number of imide groups is 1. The lowest BCUT2D eigenvalue weighted by Gasteiger charge is -2.29. The third-order valence-corrected chi connectivity index (χ3v) is 6.26. The zero-order valence-electron chi connectivity index (χ0n) is 16.5. The topological polar surface area (TPSA) is 49.9 Å². The molecule has 0 spiro atoms. The van der Waals surface area contributed by atoms with Gasteiger partial charge in [-0.05, 0) is 48.9 Å². The molecule has 156 valence electrons. The van der Waals surface area contributed by atoms with E-state index in [9.17, 15) is 9.59 Å². The van der Waals surface area contributed by atoms with Gasteiger partial charge in [0.05, 0.1) is 17.4 Å². The number of para-hydroxylation sites is 1. The Morgan fingerprint density at radius 1 is 0.839 bits per heavy atom. The summed E-state index contributed by atoms with van der Waals surface area (Å²) in [6.07, 6.45) is -0.939. The Labute approximate surface area is 189 Å². The second-order valence-electron chi connectivity index (χ2n) is 7.67. The first-order valence-corrected chi connectivity index (χ1v) is 10.6.